The van der Waals surface area contributed by atoms with Crippen LogP contribution in [0.3, 0.4) is 0 Å². The van der Waals surface area contributed by atoms with Crippen molar-refractivity contribution in [2.45, 2.75) is 6.92 Å². The lowest BCUT2D eigenvalue weighted by atomic mass is 10.0. The number of hydrogen-bond donors (Lipinski definition) is 0. The van der Waals surface area contributed by atoms with Crippen molar-refractivity contribution in [1.82, 2.24) is 0 Å². The molecule has 1 heterocycles. The van der Waals surface area contributed by atoms with Crippen molar-refractivity contribution in [3.63, 3.8) is 0 Å². The molecule has 0 bridgehead atoms. The molecule has 5 heteroatoms. The average Bonchev–Trinajstić information content (AvgIpc) is 2.61. The Balaban J connectivity index is 2.72. The minimum atomic E-state index is -0.512. The first-order valence-corrected chi connectivity index (χ1v) is 5.43. The molecule has 0 aromatic heterocycles. The van der Waals surface area contributed by atoms with Crippen LogP contribution in [0.5, 0.6) is 5.75 Å². The van der Waals surface area contributed by atoms with E-state index >= 15 is 0 Å². The highest BCUT2D eigenvalue weighted by molar-refractivity contribution is 9.10. The highest BCUT2D eigenvalue weighted by atomic mass is 79.9. The van der Waals surface area contributed by atoms with E-state index in [9.17, 15) is 9.59 Å². The number of Topliss-reactive ketones (excluding diaryl/α,β-unsaturated/α-hetero) is 1. The molecular weight excluding hydrogens is 276 g/mol. The van der Waals surface area contributed by atoms with Crippen molar-refractivity contribution >= 4 is 27.7 Å². The molecule has 0 unspecified atom stereocenters. The Kier molecular flexibility index (Phi) is 2.71. The number of halogens is 1. The van der Waals surface area contributed by atoms with Gasteiger partial charge in [-0.25, -0.2) is 4.79 Å². The zero-order valence-electron chi connectivity index (χ0n) is 8.80. The van der Waals surface area contributed by atoms with Crippen LogP contribution in [0, 0.1) is 6.92 Å². The van der Waals surface area contributed by atoms with Gasteiger partial charge in [0, 0.05) is 4.47 Å². The highest BCUT2D eigenvalue weighted by Crippen LogP contribution is 2.37. The van der Waals surface area contributed by atoms with Gasteiger partial charge in [0.05, 0.1) is 12.7 Å². The summed E-state index contributed by atoms with van der Waals surface area (Å²) in [5.41, 5.74) is 1.53. The first kappa shape index (κ1) is 11.1. The Hall–Kier alpha value is -1.36. The maximum atomic E-state index is 11.6. The van der Waals surface area contributed by atoms with Crippen molar-refractivity contribution in [1.29, 1.82) is 0 Å². The fourth-order valence-corrected chi connectivity index (χ4v) is 2.09. The molecule has 4 nitrogen and oxygen atoms in total. The van der Waals surface area contributed by atoms with E-state index in [2.05, 4.69) is 20.7 Å². The molecule has 0 radical (unpaired) electrons. The summed E-state index contributed by atoms with van der Waals surface area (Å²) >= 11 is 3.30. The number of esters is 1. The number of aryl methyl sites for hydroxylation is 1. The number of ketones is 1. The van der Waals surface area contributed by atoms with Gasteiger partial charge in [0.25, 0.3) is 0 Å². The van der Waals surface area contributed by atoms with Gasteiger partial charge in [-0.05, 0) is 34.5 Å². The van der Waals surface area contributed by atoms with Crippen LogP contribution in [0.2, 0.25) is 0 Å². The number of benzene rings is 1. The van der Waals surface area contributed by atoms with E-state index in [0.29, 0.717) is 15.8 Å². The quantitative estimate of drug-likeness (QED) is 0.742. The molecule has 0 saturated carbocycles. The molecule has 0 aliphatic carbocycles. The van der Waals surface area contributed by atoms with Crippen LogP contribution in [-0.2, 0) is 4.74 Å². The number of ether oxygens (including phenoxy) is 2. The first-order valence-electron chi connectivity index (χ1n) is 4.63. The van der Waals surface area contributed by atoms with Crippen LogP contribution in [0.4, 0.5) is 0 Å². The third-order valence-electron chi connectivity index (χ3n) is 2.44. The summed E-state index contributed by atoms with van der Waals surface area (Å²) in [7, 11) is 1.29. The van der Waals surface area contributed by atoms with Gasteiger partial charge in [-0.2, -0.15) is 0 Å². The summed E-state index contributed by atoms with van der Waals surface area (Å²) in [6.45, 7) is 1.79. The molecule has 0 N–H and O–H groups in total. The molecule has 1 aromatic rings. The van der Waals surface area contributed by atoms with Crippen molar-refractivity contribution < 1.29 is 19.1 Å². The smallest absolute Gasteiger partial charge is 0.342 e. The van der Waals surface area contributed by atoms with Gasteiger partial charge in [0.15, 0.2) is 6.61 Å². The van der Waals surface area contributed by atoms with E-state index in [1.165, 1.54) is 7.11 Å². The molecule has 1 aromatic carbocycles. The van der Waals surface area contributed by atoms with Gasteiger partial charge in [-0.15, -0.1) is 0 Å². The maximum absolute atomic E-state index is 11.6. The Morgan fingerprint density at radius 3 is 2.88 bits per heavy atom. The molecular formula is C11H9BrO4. The highest BCUT2D eigenvalue weighted by Gasteiger charge is 2.30. The van der Waals surface area contributed by atoms with Crippen LogP contribution in [-0.4, -0.2) is 25.5 Å². The van der Waals surface area contributed by atoms with Crippen LogP contribution in [0.1, 0.15) is 26.3 Å². The molecule has 84 valence electrons. The number of carbonyl (C=O) groups excluding carboxylic acids is 2. The van der Waals surface area contributed by atoms with E-state index in [0.717, 1.165) is 5.56 Å². The average molecular weight is 285 g/mol. The maximum Gasteiger partial charge on any atom is 0.342 e. The van der Waals surface area contributed by atoms with Gasteiger partial charge < -0.3 is 9.47 Å². The molecule has 0 saturated heterocycles. The van der Waals surface area contributed by atoms with Gasteiger partial charge in [-0.3, -0.25) is 4.79 Å². The molecule has 0 spiro atoms. The fourth-order valence-electron chi connectivity index (χ4n) is 1.63. The second-order valence-electron chi connectivity index (χ2n) is 3.46. The van der Waals surface area contributed by atoms with Crippen molar-refractivity contribution in [3.05, 3.63) is 27.2 Å². The number of carbonyl (C=O) groups is 2. The van der Waals surface area contributed by atoms with Crippen LogP contribution in [0.15, 0.2) is 10.5 Å². The lowest BCUT2D eigenvalue weighted by Gasteiger charge is -2.09. The number of fused-ring (bicyclic) bond motifs is 1. The van der Waals surface area contributed by atoms with Gasteiger partial charge in [0.1, 0.15) is 11.3 Å². The Labute approximate surface area is 101 Å². The fraction of sp³-hybridized carbons (Fsp3) is 0.273. The zero-order chi connectivity index (χ0) is 11.9. The SMILES string of the molecule is COC(=O)c1c(Br)c(C)cc2c1OCC2=O. The Morgan fingerprint density at radius 1 is 1.56 bits per heavy atom. The minimum Gasteiger partial charge on any atom is -0.484 e. The summed E-state index contributed by atoms with van der Waals surface area (Å²) in [5, 5.41) is 0. The second kappa shape index (κ2) is 3.90. The lowest BCUT2D eigenvalue weighted by Crippen LogP contribution is -2.06. The Bertz CT molecular complexity index is 493. The summed E-state index contributed by atoms with van der Waals surface area (Å²) < 4.78 is 10.5. The molecule has 2 rings (SSSR count). The second-order valence-corrected chi connectivity index (χ2v) is 4.26. The molecule has 0 atom stereocenters. The number of rotatable bonds is 1. The van der Waals surface area contributed by atoms with Gasteiger partial charge >= 0.3 is 5.97 Å². The predicted molar refractivity (Wildman–Crippen MR) is 60.0 cm³/mol. The summed E-state index contributed by atoms with van der Waals surface area (Å²) in [6.07, 6.45) is 0. The monoisotopic (exact) mass is 284 g/mol. The Morgan fingerprint density at radius 2 is 2.25 bits per heavy atom. The first-order chi connectivity index (χ1) is 7.56. The van der Waals surface area contributed by atoms with Crippen molar-refractivity contribution in [2.75, 3.05) is 13.7 Å². The standard InChI is InChI=1S/C11H9BrO4/c1-5-3-6-7(13)4-16-10(6)8(9(5)12)11(14)15-2/h3H,4H2,1-2H3. The number of methoxy groups -OCH3 is 1. The van der Waals surface area contributed by atoms with E-state index in [4.69, 9.17) is 4.74 Å². The largest absolute Gasteiger partial charge is 0.484 e. The molecule has 1 aliphatic heterocycles. The third-order valence-corrected chi connectivity index (χ3v) is 3.46. The van der Waals surface area contributed by atoms with E-state index in [1.807, 2.05) is 6.92 Å². The topological polar surface area (TPSA) is 52.6 Å². The number of hydrogen-bond acceptors (Lipinski definition) is 4. The molecule has 0 fully saturated rings. The van der Waals surface area contributed by atoms with Crippen molar-refractivity contribution in [2.24, 2.45) is 0 Å². The van der Waals surface area contributed by atoms with E-state index in [-0.39, 0.29) is 18.0 Å². The van der Waals surface area contributed by atoms with Crippen LogP contribution < -0.4 is 4.74 Å². The van der Waals surface area contributed by atoms with E-state index in [1.54, 1.807) is 6.07 Å². The van der Waals surface area contributed by atoms with Gasteiger partial charge in [-0.1, -0.05) is 0 Å². The lowest BCUT2D eigenvalue weighted by molar-refractivity contribution is 0.0595. The van der Waals surface area contributed by atoms with E-state index < -0.39 is 5.97 Å². The predicted octanol–water partition coefficient (Wildman–Crippen LogP) is 2.12. The van der Waals surface area contributed by atoms with Crippen LogP contribution in [0.25, 0.3) is 0 Å². The summed E-state index contributed by atoms with van der Waals surface area (Å²) in [6, 6.07) is 1.71. The van der Waals surface area contributed by atoms with Crippen LogP contribution >= 0.6 is 15.9 Å². The molecule has 1 aliphatic rings. The van der Waals surface area contributed by atoms with Gasteiger partial charge in [0.2, 0.25) is 5.78 Å². The molecule has 0 amide bonds. The molecule has 16 heavy (non-hydrogen) atoms. The third kappa shape index (κ3) is 1.51. The van der Waals surface area contributed by atoms with Crippen molar-refractivity contribution in [3.8, 4) is 5.75 Å². The minimum absolute atomic E-state index is 0.0186. The zero-order valence-corrected chi connectivity index (χ0v) is 10.4. The summed E-state index contributed by atoms with van der Waals surface area (Å²) in [4.78, 5) is 23.1. The summed E-state index contributed by atoms with van der Waals surface area (Å²) in [5.74, 6) is -0.313. The normalized spacial score (nSPS) is 13.3.